The van der Waals surface area contributed by atoms with Crippen LogP contribution in [0.25, 0.3) is 0 Å². The van der Waals surface area contributed by atoms with Crippen molar-refractivity contribution in [2.45, 2.75) is 25.3 Å². The van der Waals surface area contributed by atoms with Crippen LogP contribution < -0.4 is 14.8 Å². The zero-order valence-electron chi connectivity index (χ0n) is 13.1. The molecule has 6 nitrogen and oxygen atoms in total. The molecule has 1 saturated carbocycles. The monoisotopic (exact) mass is 319 g/mol. The van der Waals surface area contributed by atoms with Gasteiger partial charge in [-0.3, -0.25) is 4.79 Å². The summed E-state index contributed by atoms with van der Waals surface area (Å²) >= 11 is 0. The number of carboxylic acids is 1. The van der Waals surface area contributed by atoms with E-state index >= 15 is 0 Å². The van der Waals surface area contributed by atoms with Crippen LogP contribution in [0, 0.1) is 5.92 Å². The minimum absolute atomic E-state index is 0.324. The SMILES string of the molecule is C=CCOc1ccc(C(=O)NC(CC2CC2)C(=O)O)cc1OC. The van der Waals surface area contributed by atoms with Gasteiger partial charge in [0, 0.05) is 5.56 Å². The van der Waals surface area contributed by atoms with Crippen LogP contribution in [0.2, 0.25) is 0 Å². The van der Waals surface area contributed by atoms with Crippen LogP contribution in [0.15, 0.2) is 30.9 Å². The minimum Gasteiger partial charge on any atom is -0.493 e. The van der Waals surface area contributed by atoms with E-state index in [2.05, 4.69) is 11.9 Å². The van der Waals surface area contributed by atoms with Gasteiger partial charge < -0.3 is 19.9 Å². The van der Waals surface area contributed by atoms with E-state index < -0.39 is 17.9 Å². The molecular weight excluding hydrogens is 298 g/mol. The van der Waals surface area contributed by atoms with Crippen molar-refractivity contribution in [3.8, 4) is 11.5 Å². The fourth-order valence-corrected chi connectivity index (χ4v) is 2.23. The molecule has 6 heteroatoms. The van der Waals surface area contributed by atoms with Gasteiger partial charge in [-0.1, -0.05) is 25.5 Å². The fraction of sp³-hybridized carbons (Fsp3) is 0.412. The first-order valence-corrected chi connectivity index (χ1v) is 7.50. The van der Waals surface area contributed by atoms with Crippen molar-refractivity contribution in [1.29, 1.82) is 0 Å². The molecule has 2 rings (SSSR count). The van der Waals surface area contributed by atoms with Gasteiger partial charge in [-0.15, -0.1) is 0 Å². The summed E-state index contributed by atoms with van der Waals surface area (Å²) in [6.45, 7) is 3.89. The highest BCUT2D eigenvalue weighted by Crippen LogP contribution is 2.33. The van der Waals surface area contributed by atoms with E-state index in [0.29, 0.717) is 36.0 Å². The van der Waals surface area contributed by atoms with Gasteiger partial charge in [0.2, 0.25) is 0 Å². The molecule has 0 saturated heterocycles. The van der Waals surface area contributed by atoms with Gasteiger partial charge in [-0.25, -0.2) is 4.79 Å². The maximum atomic E-state index is 12.3. The Hall–Kier alpha value is -2.50. The zero-order valence-corrected chi connectivity index (χ0v) is 13.1. The minimum atomic E-state index is -1.01. The lowest BCUT2D eigenvalue weighted by Crippen LogP contribution is -2.41. The first-order valence-electron chi connectivity index (χ1n) is 7.50. The van der Waals surface area contributed by atoms with Crippen LogP contribution in [0.4, 0.5) is 0 Å². The van der Waals surface area contributed by atoms with Gasteiger partial charge in [0.05, 0.1) is 7.11 Å². The number of carboxylic acid groups (broad SMARTS) is 1. The molecule has 1 atom stereocenters. The average molecular weight is 319 g/mol. The molecule has 1 aromatic rings. The topological polar surface area (TPSA) is 84.9 Å². The van der Waals surface area contributed by atoms with Gasteiger partial charge in [0.15, 0.2) is 11.5 Å². The maximum Gasteiger partial charge on any atom is 0.326 e. The highest BCUT2D eigenvalue weighted by Gasteiger charge is 2.30. The molecule has 1 fully saturated rings. The normalized spacial score (nSPS) is 14.7. The van der Waals surface area contributed by atoms with Crippen molar-refractivity contribution in [3.63, 3.8) is 0 Å². The van der Waals surface area contributed by atoms with E-state index in [4.69, 9.17) is 9.47 Å². The molecule has 124 valence electrons. The van der Waals surface area contributed by atoms with E-state index in [-0.39, 0.29) is 0 Å². The summed E-state index contributed by atoms with van der Waals surface area (Å²) in [6.07, 6.45) is 4.14. The molecule has 1 aromatic carbocycles. The molecule has 23 heavy (non-hydrogen) atoms. The number of hydrogen-bond donors (Lipinski definition) is 2. The smallest absolute Gasteiger partial charge is 0.326 e. The molecular formula is C17H21NO5. The van der Waals surface area contributed by atoms with Gasteiger partial charge in [0.1, 0.15) is 12.6 Å². The van der Waals surface area contributed by atoms with Gasteiger partial charge in [0.25, 0.3) is 5.91 Å². The second-order valence-corrected chi connectivity index (χ2v) is 5.51. The summed E-state index contributed by atoms with van der Waals surface area (Å²) < 4.78 is 10.6. The average Bonchev–Trinajstić information content (AvgIpc) is 3.35. The van der Waals surface area contributed by atoms with Gasteiger partial charge >= 0.3 is 5.97 Å². The summed E-state index contributed by atoms with van der Waals surface area (Å²) in [7, 11) is 1.48. The molecule has 0 radical (unpaired) electrons. The van der Waals surface area contributed by atoms with Crippen LogP contribution in [-0.4, -0.2) is 36.7 Å². The van der Waals surface area contributed by atoms with Gasteiger partial charge in [-0.05, 0) is 30.5 Å². The Morgan fingerprint density at radius 3 is 2.74 bits per heavy atom. The number of rotatable bonds is 9. The predicted octanol–water partition coefficient (Wildman–Crippen LogP) is 2.24. The number of methoxy groups -OCH3 is 1. The van der Waals surface area contributed by atoms with E-state index in [1.54, 1.807) is 18.2 Å². The first kappa shape index (κ1) is 16.9. The molecule has 0 aromatic heterocycles. The molecule has 1 unspecified atom stereocenters. The molecule has 1 aliphatic rings. The first-order chi connectivity index (χ1) is 11.0. The Bertz CT molecular complexity index is 595. The molecule has 0 bridgehead atoms. The fourth-order valence-electron chi connectivity index (χ4n) is 2.23. The van der Waals surface area contributed by atoms with E-state index in [0.717, 1.165) is 12.8 Å². The van der Waals surface area contributed by atoms with Crippen molar-refractivity contribution in [2.75, 3.05) is 13.7 Å². The third kappa shape index (κ3) is 4.74. The highest BCUT2D eigenvalue weighted by atomic mass is 16.5. The number of aliphatic carboxylic acids is 1. The number of hydrogen-bond acceptors (Lipinski definition) is 4. The van der Waals surface area contributed by atoms with Crippen LogP contribution in [0.5, 0.6) is 11.5 Å². The molecule has 2 N–H and O–H groups in total. The van der Waals surface area contributed by atoms with Crippen molar-refractivity contribution in [3.05, 3.63) is 36.4 Å². The quantitative estimate of drug-likeness (QED) is 0.682. The molecule has 1 amide bonds. The zero-order chi connectivity index (χ0) is 16.8. The summed E-state index contributed by atoms with van der Waals surface area (Å²) in [4.78, 5) is 23.5. The lowest BCUT2D eigenvalue weighted by atomic mass is 10.1. The summed E-state index contributed by atoms with van der Waals surface area (Å²) in [5, 5.41) is 11.8. The number of benzene rings is 1. The maximum absolute atomic E-state index is 12.3. The van der Waals surface area contributed by atoms with Crippen LogP contribution in [-0.2, 0) is 4.79 Å². The van der Waals surface area contributed by atoms with Crippen LogP contribution in [0.3, 0.4) is 0 Å². The second kappa shape index (κ2) is 7.67. The Labute approximate surface area is 135 Å². The largest absolute Gasteiger partial charge is 0.493 e. The van der Waals surface area contributed by atoms with Gasteiger partial charge in [-0.2, -0.15) is 0 Å². The standard InChI is InChI=1S/C17H21NO5/c1-3-8-23-14-7-6-12(10-15(14)22-2)16(19)18-13(17(20)21)9-11-4-5-11/h3,6-7,10-11,13H,1,4-5,8-9H2,2H3,(H,18,19)(H,20,21). The lowest BCUT2D eigenvalue weighted by molar-refractivity contribution is -0.139. The number of carbonyl (C=O) groups is 2. The van der Waals surface area contributed by atoms with Crippen LogP contribution >= 0.6 is 0 Å². The lowest BCUT2D eigenvalue weighted by Gasteiger charge is -2.15. The van der Waals surface area contributed by atoms with E-state index in [1.807, 2.05) is 0 Å². The number of amides is 1. The second-order valence-electron chi connectivity index (χ2n) is 5.51. The number of ether oxygens (including phenoxy) is 2. The summed E-state index contributed by atoms with van der Waals surface area (Å²) in [5.74, 6) is -0.138. The van der Waals surface area contributed by atoms with Crippen LogP contribution in [0.1, 0.15) is 29.6 Å². The summed E-state index contributed by atoms with van der Waals surface area (Å²) in [5.41, 5.74) is 0.329. The molecule has 1 aliphatic carbocycles. The molecule has 0 heterocycles. The van der Waals surface area contributed by atoms with Crippen molar-refractivity contribution in [1.82, 2.24) is 5.32 Å². The van der Waals surface area contributed by atoms with Crippen molar-refractivity contribution < 1.29 is 24.2 Å². The van der Waals surface area contributed by atoms with Crippen molar-refractivity contribution >= 4 is 11.9 Å². The third-order valence-corrected chi connectivity index (χ3v) is 3.65. The Morgan fingerprint density at radius 1 is 1.43 bits per heavy atom. The predicted molar refractivity (Wildman–Crippen MR) is 84.9 cm³/mol. The Morgan fingerprint density at radius 2 is 2.17 bits per heavy atom. The number of nitrogens with one attached hydrogen (secondary N) is 1. The number of carbonyl (C=O) groups excluding carboxylic acids is 1. The Balaban J connectivity index is 2.08. The van der Waals surface area contributed by atoms with E-state index in [9.17, 15) is 14.7 Å². The van der Waals surface area contributed by atoms with E-state index in [1.165, 1.54) is 13.2 Å². The highest BCUT2D eigenvalue weighted by molar-refractivity contribution is 5.97. The Kier molecular flexibility index (Phi) is 5.62. The van der Waals surface area contributed by atoms with Crippen molar-refractivity contribution in [2.24, 2.45) is 5.92 Å². The third-order valence-electron chi connectivity index (χ3n) is 3.65. The summed E-state index contributed by atoms with van der Waals surface area (Å²) in [6, 6.07) is 3.86. The molecule has 0 aliphatic heterocycles. The molecule has 0 spiro atoms.